The smallest absolute Gasteiger partial charge is 0.243 e. The molecule has 1 aliphatic rings. The van der Waals surface area contributed by atoms with Crippen LogP contribution in [0.1, 0.15) is 25.3 Å². The van der Waals surface area contributed by atoms with E-state index in [0.717, 1.165) is 18.4 Å². The molecule has 0 spiro atoms. The van der Waals surface area contributed by atoms with Gasteiger partial charge in [-0.25, -0.2) is 8.42 Å². The Morgan fingerprint density at radius 3 is 2.29 bits per heavy atom. The molecule has 0 bridgehead atoms. The Bertz CT molecular complexity index is 893. The number of benzene rings is 2. The summed E-state index contributed by atoms with van der Waals surface area (Å²) in [5.41, 5.74) is 0.833. The van der Waals surface area contributed by atoms with Crippen molar-refractivity contribution in [3.05, 3.63) is 65.2 Å². The predicted octanol–water partition coefficient (Wildman–Crippen LogP) is 3.79. The summed E-state index contributed by atoms with van der Waals surface area (Å²) in [4.78, 5) is 14.7. The number of rotatable bonds is 6. The topological polar surface area (TPSA) is 57.7 Å². The second kappa shape index (κ2) is 9.07. The Morgan fingerprint density at radius 1 is 1.07 bits per heavy atom. The molecule has 1 fully saturated rings. The van der Waals surface area contributed by atoms with Crippen LogP contribution in [0.3, 0.4) is 0 Å². The van der Waals surface area contributed by atoms with E-state index < -0.39 is 10.0 Å². The van der Waals surface area contributed by atoms with Gasteiger partial charge in [0.1, 0.15) is 0 Å². The van der Waals surface area contributed by atoms with Crippen LogP contribution in [-0.4, -0.2) is 43.2 Å². The number of hydrogen-bond donors (Lipinski definition) is 0. The first-order chi connectivity index (χ1) is 13.4. The molecule has 0 atom stereocenters. The highest BCUT2D eigenvalue weighted by molar-refractivity contribution is 7.89. The lowest BCUT2D eigenvalue weighted by atomic mass is 9.99. The third-order valence-corrected chi connectivity index (χ3v) is 7.16. The molecule has 0 unspecified atom stereocenters. The van der Waals surface area contributed by atoms with Crippen LogP contribution in [0.25, 0.3) is 0 Å². The third kappa shape index (κ3) is 5.13. The van der Waals surface area contributed by atoms with Crippen LogP contribution in [0.4, 0.5) is 0 Å². The number of halogens is 1. The van der Waals surface area contributed by atoms with Gasteiger partial charge in [-0.1, -0.05) is 48.9 Å². The number of sulfonamides is 1. The number of nitrogens with zero attached hydrogens (tertiary/aromatic N) is 2. The van der Waals surface area contributed by atoms with Gasteiger partial charge in [0.05, 0.1) is 11.4 Å². The Hall–Kier alpha value is -1.89. The van der Waals surface area contributed by atoms with E-state index in [1.165, 1.54) is 16.4 Å². The first kappa shape index (κ1) is 20.8. The summed E-state index contributed by atoms with van der Waals surface area (Å²) >= 11 is 5.90. The predicted molar refractivity (Wildman–Crippen MR) is 110 cm³/mol. The van der Waals surface area contributed by atoms with E-state index >= 15 is 0 Å². The monoisotopic (exact) mass is 420 g/mol. The number of amides is 1. The van der Waals surface area contributed by atoms with Crippen molar-refractivity contribution in [1.82, 2.24) is 9.21 Å². The summed E-state index contributed by atoms with van der Waals surface area (Å²) in [6, 6.07) is 15.3. The minimum absolute atomic E-state index is 0.132. The normalized spacial score (nSPS) is 15.8. The number of carbonyl (C=O) groups is 1. The number of likely N-dealkylation sites (tertiary alicyclic amines) is 1. The van der Waals surface area contributed by atoms with Gasteiger partial charge in [-0.05, 0) is 48.6 Å². The highest BCUT2D eigenvalue weighted by Gasteiger charge is 2.29. The van der Waals surface area contributed by atoms with Gasteiger partial charge in [0.15, 0.2) is 0 Å². The second-order valence-electron chi connectivity index (χ2n) is 7.28. The van der Waals surface area contributed by atoms with Gasteiger partial charge in [0, 0.05) is 24.7 Å². The fraction of sp³-hybridized carbons (Fsp3) is 0.381. The van der Waals surface area contributed by atoms with E-state index in [9.17, 15) is 13.2 Å². The van der Waals surface area contributed by atoms with Crippen LogP contribution in [0.15, 0.2) is 59.5 Å². The number of piperidine rings is 1. The van der Waals surface area contributed by atoms with Crippen molar-refractivity contribution in [2.75, 3.05) is 19.6 Å². The van der Waals surface area contributed by atoms with Crippen molar-refractivity contribution >= 4 is 27.5 Å². The van der Waals surface area contributed by atoms with E-state index in [4.69, 9.17) is 11.6 Å². The van der Waals surface area contributed by atoms with Crippen LogP contribution >= 0.6 is 11.6 Å². The Morgan fingerprint density at radius 2 is 1.68 bits per heavy atom. The SMILES string of the molecule is CC1CCN(C(=O)CN(Cc2ccccc2)S(=O)(=O)c2ccc(Cl)cc2)CC1. The Balaban J connectivity index is 1.84. The molecule has 1 saturated heterocycles. The molecule has 1 heterocycles. The maximum absolute atomic E-state index is 13.2. The third-order valence-electron chi connectivity index (χ3n) is 5.10. The van der Waals surface area contributed by atoms with E-state index in [2.05, 4.69) is 6.92 Å². The summed E-state index contributed by atoms with van der Waals surface area (Å²) < 4.78 is 27.7. The molecule has 150 valence electrons. The minimum atomic E-state index is -3.83. The maximum Gasteiger partial charge on any atom is 0.243 e. The van der Waals surface area contributed by atoms with Crippen molar-refractivity contribution in [3.63, 3.8) is 0 Å². The standard InChI is InChI=1S/C21H25ClN2O3S/c1-17-11-13-23(14-12-17)21(25)16-24(15-18-5-3-2-4-6-18)28(26,27)20-9-7-19(22)8-10-20/h2-10,17H,11-16H2,1H3. The van der Waals surface area contributed by atoms with Gasteiger partial charge in [0.25, 0.3) is 0 Å². The Labute approximate surface area is 172 Å². The van der Waals surface area contributed by atoms with Crippen LogP contribution in [0, 0.1) is 5.92 Å². The molecule has 3 rings (SSSR count). The average molecular weight is 421 g/mol. The fourth-order valence-electron chi connectivity index (χ4n) is 3.28. The van der Waals surface area contributed by atoms with Gasteiger partial charge < -0.3 is 4.90 Å². The lowest BCUT2D eigenvalue weighted by Crippen LogP contribution is -2.45. The molecule has 0 N–H and O–H groups in total. The zero-order valence-corrected chi connectivity index (χ0v) is 17.5. The molecule has 5 nitrogen and oxygen atoms in total. The summed E-state index contributed by atoms with van der Waals surface area (Å²) in [6.45, 7) is 3.50. The van der Waals surface area contributed by atoms with Crippen LogP contribution in [0.2, 0.25) is 5.02 Å². The molecule has 28 heavy (non-hydrogen) atoms. The molecular formula is C21H25ClN2O3S. The highest BCUT2D eigenvalue weighted by Crippen LogP contribution is 2.22. The molecule has 0 saturated carbocycles. The van der Waals surface area contributed by atoms with Crippen molar-refractivity contribution in [3.8, 4) is 0 Å². The van der Waals surface area contributed by atoms with Gasteiger partial charge in [-0.2, -0.15) is 4.31 Å². The Kier molecular flexibility index (Phi) is 6.75. The molecule has 0 aliphatic carbocycles. The van der Waals surface area contributed by atoms with E-state index in [1.807, 2.05) is 30.3 Å². The molecule has 7 heteroatoms. The maximum atomic E-state index is 13.2. The summed E-state index contributed by atoms with van der Waals surface area (Å²) in [7, 11) is -3.83. The summed E-state index contributed by atoms with van der Waals surface area (Å²) in [5, 5.41) is 0.465. The van der Waals surface area contributed by atoms with Crippen LogP contribution in [0.5, 0.6) is 0 Å². The lowest BCUT2D eigenvalue weighted by molar-refractivity contribution is -0.132. The molecular weight excluding hydrogens is 396 g/mol. The minimum Gasteiger partial charge on any atom is -0.342 e. The van der Waals surface area contributed by atoms with Crippen LogP contribution in [-0.2, 0) is 21.4 Å². The molecule has 2 aromatic rings. The lowest BCUT2D eigenvalue weighted by Gasteiger charge is -2.32. The molecule has 2 aromatic carbocycles. The fourth-order valence-corrected chi connectivity index (χ4v) is 4.78. The average Bonchev–Trinajstić information content (AvgIpc) is 2.69. The molecule has 0 aromatic heterocycles. The highest BCUT2D eigenvalue weighted by atomic mass is 35.5. The molecule has 0 radical (unpaired) electrons. The van der Waals surface area contributed by atoms with Crippen molar-refractivity contribution < 1.29 is 13.2 Å². The van der Waals surface area contributed by atoms with Gasteiger partial charge in [-0.15, -0.1) is 0 Å². The van der Waals surface area contributed by atoms with Gasteiger partial charge >= 0.3 is 0 Å². The van der Waals surface area contributed by atoms with Crippen LogP contribution < -0.4 is 0 Å². The van der Waals surface area contributed by atoms with E-state index in [-0.39, 0.29) is 23.9 Å². The van der Waals surface area contributed by atoms with Crippen molar-refractivity contribution in [2.24, 2.45) is 5.92 Å². The number of carbonyl (C=O) groups excluding carboxylic acids is 1. The zero-order valence-electron chi connectivity index (χ0n) is 15.9. The second-order valence-corrected chi connectivity index (χ2v) is 9.65. The summed E-state index contributed by atoms with van der Waals surface area (Å²) in [6.07, 6.45) is 1.91. The molecule has 1 amide bonds. The van der Waals surface area contributed by atoms with Gasteiger partial charge in [-0.3, -0.25) is 4.79 Å². The largest absolute Gasteiger partial charge is 0.342 e. The van der Waals surface area contributed by atoms with E-state index in [0.29, 0.717) is 24.0 Å². The summed E-state index contributed by atoms with van der Waals surface area (Å²) in [5.74, 6) is 0.447. The van der Waals surface area contributed by atoms with Crippen molar-refractivity contribution in [1.29, 1.82) is 0 Å². The first-order valence-electron chi connectivity index (χ1n) is 9.43. The zero-order chi connectivity index (χ0) is 20.1. The van der Waals surface area contributed by atoms with Gasteiger partial charge in [0.2, 0.25) is 15.9 Å². The number of hydrogen-bond acceptors (Lipinski definition) is 3. The first-order valence-corrected chi connectivity index (χ1v) is 11.3. The van der Waals surface area contributed by atoms with E-state index in [1.54, 1.807) is 17.0 Å². The quantitative estimate of drug-likeness (QED) is 0.714. The molecule has 1 aliphatic heterocycles. The van der Waals surface area contributed by atoms with Crippen molar-refractivity contribution in [2.45, 2.75) is 31.2 Å².